The van der Waals surface area contributed by atoms with Crippen LogP contribution in [0, 0.1) is 5.82 Å². The van der Waals surface area contributed by atoms with Crippen molar-refractivity contribution in [1.29, 1.82) is 0 Å². The maximum Gasteiger partial charge on any atom is 0.317 e. The van der Waals surface area contributed by atoms with Gasteiger partial charge in [-0.15, -0.1) is 0 Å². The smallest absolute Gasteiger partial charge is 0.317 e. The summed E-state index contributed by atoms with van der Waals surface area (Å²) in [7, 11) is 1.64. The molecule has 1 aromatic heterocycles. The van der Waals surface area contributed by atoms with Crippen molar-refractivity contribution in [2.24, 2.45) is 0 Å². The van der Waals surface area contributed by atoms with Crippen LogP contribution < -0.4 is 10.6 Å². The molecule has 0 spiro atoms. The van der Waals surface area contributed by atoms with Gasteiger partial charge in [-0.1, -0.05) is 24.3 Å². The summed E-state index contributed by atoms with van der Waals surface area (Å²) < 4.78 is 47.1. The zero-order chi connectivity index (χ0) is 26.0. The van der Waals surface area contributed by atoms with Gasteiger partial charge in [0, 0.05) is 49.0 Å². The van der Waals surface area contributed by atoms with Gasteiger partial charge < -0.3 is 20.3 Å². The maximum absolute atomic E-state index is 14.7. The lowest BCUT2D eigenvalue weighted by Gasteiger charge is -2.29. The van der Waals surface area contributed by atoms with Crippen LogP contribution in [0.5, 0.6) is 0 Å². The number of rotatable bonds is 7. The minimum Gasteiger partial charge on any atom is -0.378 e. The molecule has 0 aliphatic carbocycles. The molecule has 2 N–H and O–H groups in total. The van der Waals surface area contributed by atoms with Crippen molar-refractivity contribution in [3.8, 4) is 0 Å². The van der Waals surface area contributed by atoms with E-state index in [9.17, 15) is 18.0 Å². The van der Waals surface area contributed by atoms with E-state index in [1.165, 1.54) is 12.1 Å². The van der Waals surface area contributed by atoms with Crippen LogP contribution in [0.3, 0.4) is 0 Å². The number of hydrogen-bond acceptors (Lipinski definition) is 4. The van der Waals surface area contributed by atoms with Crippen LogP contribution in [0.15, 0.2) is 48.7 Å². The van der Waals surface area contributed by atoms with Gasteiger partial charge in [-0.25, -0.2) is 18.0 Å². The molecule has 192 valence electrons. The van der Waals surface area contributed by atoms with Gasteiger partial charge in [0.2, 0.25) is 0 Å². The van der Waals surface area contributed by atoms with Crippen LogP contribution in [0.2, 0.25) is 0 Å². The lowest BCUT2D eigenvalue weighted by Crippen LogP contribution is -2.43. The number of nitrogens with one attached hydrogen (secondary N) is 2. The fourth-order valence-corrected chi connectivity index (χ4v) is 4.75. The molecule has 1 aliphatic rings. The number of carbonyl (C=O) groups is 1. The van der Waals surface area contributed by atoms with Crippen molar-refractivity contribution >= 4 is 22.6 Å². The first-order chi connectivity index (χ1) is 17.1. The van der Waals surface area contributed by atoms with Crippen molar-refractivity contribution in [1.82, 2.24) is 15.2 Å². The van der Waals surface area contributed by atoms with Crippen molar-refractivity contribution in [2.75, 3.05) is 25.5 Å². The molecule has 9 heteroatoms. The van der Waals surface area contributed by atoms with E-state index in [2.05, 4.69) is 15.6 Å². The third-order valence-electron chi connectivity index (χ3n) is 6.72. The molecule has 0 unspecified atom stereocenters. The Kier molecular flexibility index (Phi) is 7.40. The standard InChI is InChI=1S/C27H31F3N4O2/c1-16(2)32-26(35)34-13-11-27(15-34,36-4)18-8-9-22-21(14-18)23(10-12-31-22)33-17(3)19-6-5-7-20(24(19)28)25(29)30/h5-10,12,14,16-17,25H,11,13,15H2,1-4H3,(H,31,33)(H,32,35)/t17-,27+/m1/s1. The van der Waals surface area contributed by atoms with Crippen LogP contribution >= 0.6 is 0 Å². The van der Waals surface area contributed by atoms with E-state index in [0.29, 0.717) is 25.2 Å². The summed E-state index contributed by atoms with van der Waals surface area (Å²) in [5.41, 5.74) is 1.17. The molecule has 2 aromatic carbocycles. The highest BCUT2D eigenvalue weighted by Gasteiger charge is 2.42. The highest BCUT2D eigenvalue weighted by molar-refractivity contribution is 5.92. The third kappa shape index (κ3) is 4.97. The summed E-state index contributed by atoms with van der Waals surface area (Å²) in [4.78, 5) is 18.8. The van der Waals surface area contributed by atoms with E-state index in [1.807, 2.05) is 32.0 Å². The molecule has 2 amide bonds. The Bertz CT molecular complexity index is 1250. The first-order valence-electron chi connectivity index (χ1n) is 12.0. The summed E-state index contributed by atoms with van der Waals surface area (Å²) in [6.07, 6.45) is -0.617. The third-order valence-corrected chi connectivity index (χ3v) is 6.72. The molecule has 0 radical (unpaired) electrons. The van der Waals surface area contributed by atoms with E-state index in [4.69, 9.17) is 4.74 Å². The molecule has 2 heterocycles. The minimum absolute atomic E-state index is 0.0311. The number of methoxy groups -OCH3 is 1. The molecular weight excluding hydrogens is 469 g/mol. The Hall–Kier alpha value is -3.33. The first-order valence-corrected chi connectivity index (χ1v) is 12.0. The van der Waals surface area contributed by atoms with Gasteiger partial charge in [0.1, 0.15) is 11.4 Å². The molecule has 4 rings (SSSR count). The van der Waals surface area contributed by atoms with Gasteiger partial charge in [0.15, 0.2) is 0 Å². The van der Waals surface area contributed by atoms with Crippen LogP contribution in [0.25, 0.3) is 10.9 Å². The first kappa shape index (κ1) is 25.8. The topological polar surface area (TPSA) is 66.5 Å². The Morgan fingerprint density at radius 1 is 1.14 bits per heavy atom. The zero-order valence-corrected chi connectivity index (χ0v) is 20.8. The van der Waals surface area contributed by atoms with E-state index >= 15 is 0 Å². The monoisotopic (exact) mass is 500 g/mol. The number of alkyl halides is 2. The van der Waals surface area contributed by atoms with Crippen LogP contribution in [0.1, 0.15) is 56.3 Å². The fourth-order valence-electron chi connectivity index (χ4n) is 4.75. The molecule has 6 nitrogen and oxygen atoms in total. The van der Waals surface area contributed by atoms with Gasteiger partial charge >= 0.3 is 6.03 Å². The second kappa shape index (κ2) is 10.3. The predicted octanol–water partition coefficient (Wildman–Crippen LogP) is 6.15. The number of nitrogens with zero attached hydrogens (tertiary/aromatic N) is 2. The summed E-state index contributed by atoms with van der Waals surface area (Å²) in [6, 6.07) is 10.9. The van der Waals surface area contributed by atoms with Crippen LogP contribution in [-0.2, 0) is 10.3 Å². The lowest BCUT2D eigenvalue weighted by molar-refractivity contribution is -0.00315. The Balaban J connectivity index is 1.65. The highest BCUT2D eigenvalue weighted by atomic mass is 19.3. The number of aromatic nitrogens is 1. The average Bonchev–Trinajstić information content (AvgIpc) is 3.30. The number of fused-ring (bicyclic) bond motifs is 1. The number of benzene rings is 2. The quantitative estimate of drug-likeness (QED) is 0.408. The van der Waals surface area contributed by atoms with Crippen molar-refractivity contribution in [3.63, 3.8) is 0 Å². The number of carbonyl (C=O) groups excluding carboxylic acids is 1. The maximum atomic E-state index is 14.7. The Labute approximate surface area is 208 Å². The van der Waals surface area contributed by atoms with E-state index in [-0.39, 0.29) is 17.6 Å². The summed E-state index contributed by atoms with van der Waals surface area (Å²) in [5, 5.41) is 6.97. The second-order valence-corrected chi connectivity index (χ2v) is 9.48. The molecule has 2 atom stereocenters. The largest absolute Gasteiger partial charge is 0.378 e. The van der Waals surface area contributed by atoms with Gasteiger partial charge in [-0.05, 0) is 44.5 Å². The minimum atomic E-state index is -2.89. The van der Waals surface area contributed by atoms with Gasteiger partial charge in [-0.3, -0.25) is 4.98 Å². The van der Waals surface area contributed by atoms with Crippen molar-refractivity contribution < 1.29 is 22.7 Å². The van der Waals surface area contributed by atoms with E-state index in [1.54, 1.807) is 31.2 Å². The van der Waals surface area contributed by atoms with Gasteiger partial charge in [0.25, 0.3) is 6.43 Å². The van der Waals surface area contributed by atoms with Gasteiger partial charge in [-0.2, -0.15) is 0 Å². The Morgan fingerprint density at radius 2 is 1.89 bits per heavy atom. The number of likely N-dealkylation sites (tertiary alicyclic amines) is 1. The van der Waals surface area contributed by atoms with Crippen LogP contribution in [0.4, 0.5) is 23.7 Å². The highest BCUT2D eigenvalue weighted by Crippen LogP contribution is 2.38. The molecular formula is C27H31F3N4O2. The van der Waals surface area contributed by atoms with Crippen molar-refractivity contribution in [3.05, 3.63) is 71.2 Å². The summed E-state index contributed by atoms with van der Waals surface area (Å²) in [6.45, 7) is 6.51. The predicted molar refractivity (Wildman–Crippen MR) is 134 cm³/mol. The molecule has 3 aromatic rings. The van der Waals surface area contributed by atoms with Crippen molar-refractivity contribution in [2.45, 2.75) is 51.3 Å². The normalized spacial score (nSPS) is 18.8. The molecule has 1 aliphatic heterocycles. The SMILES string of the molecule is CO[C@@]1(c2ccc3nccc(N[C@H](C)c4cccc(C(F)F)c4F)c3c2)CCN(C(=O)NC(C)C)C1. The number of hydrogen-bond donors (Lipinski definition) is 2. The molecule has 0 bridgehead atoms. The number of urea groups is 1. The molecule has 0 saturated carbocycles. The number of anilines is 1. The second-order valence-electron chi connectivity index (χ2n) is 9.48. The zero-order valence-electron chi connectivity index (χ0n) is 20.8. The average molecular weight is 501 g/mol. The molecule has 1 fully saturated rings. The number of ether oxygens (including phenoxy) is 1. The number of amides is 2. The van der Waals surface area contributed by atoms with E-state index in [0.717, 1.165) is 22.5 Å². The number of halogens is 3. The van der Waals surface area contributed by atoms with Gasteiger partial charge in [0.05, 0.1) is 23.7 Å². The molecule has 1 saturated heterocycles. The number of pyridine rings is 1. The summed E-state index contributed by atoms with van der Waals surface area (Å²) >= 11 is 0. The fraction of sp³-hybridized carbons (Fsp3) is 0.407. The van der Waals surface area contributed by atoms with Crippen LogP contribution in [-0.4, -0.2) is 42.2 Å². The summed E-state index contributed by atoms with van der Waals surface area (Å²) in [5.74, 6) is -0.907. The molecule has 36 heavy (non-hydrogen) atoms. The Morgan fingerprint density at radius 3 is 2.58 bits per heavy atom. The lowest BCUT2D eigenvalue weighted by atomic mass is 9.91. The van der Waals surface area contributed by atoms with E-state index < -0.39 is 29.4 Å².